The average Bonchev–Trinajstić information content (AvgIpc) is 2.56. The molecule has 0 saturated heterocycles. The molecule has 1 radical (unpaired) electrons. The molecule has 0 aliphatic rings. The maximum atomic E-state index is 12.5. The first-order valence-electron chi connectivity index (χ1n) is 6.60. The number of hydrogen-bond acceptors (Lipinski definition) is 4. The molecule has 0 spiro atoms. The summed E-state index contributed by atoms with van der Waals surface area (Å²) in [5.41, 5.74) is 0.786. The molecule has 2 rings (SSSR count). The van der Waals surface area contributed by atoms with E-state index in [-0.39, 0.29) is 29.6 Å². The summed E-state index contributed by atoms with van der Waals surface area (Å²) in [5, 5.41) is 0. The van der Waals surface area contributed by atoms with Crippen LogP contribution in [-0.4, -0.2) is 20.6 Å². The minimum atomic E-state index is -1.15. The molecule has 0 unspecified atom stereocenters. The van der Waals surface area contributed by atoms with Gasteiger partial charge in [0.25, 0.3) is 0 Å². The van der Waals surface area contributed by atoms with Crippen molar-refractivity contribution in [1.82, 2.24) is 0 Å². The summed E-state index contributed by atoms with van der Waals surface area (Å²) >= 11 is 0. The van der Waals surface area contributed by atoms with Gasteiger partial charge in [-0.3, -0.25) is 0 Å². The quantitative estimate of drug-likeness (QED) is 0.698. The molecule has 0 aliphatic heterocycles. The van der Waals surface area contributed by atoms with E-state index in [0.29, 0.717) is 0 Å². The van der Waals surface area contributed by atoms with E-state index >= 15 is 0 Å². The van der Waals surface area contributed by atoms with Gasteiger partial charge in [0.2, 0.25) is 26.3 Å². The fourth-order valence-corrected chi connectivity index (χ4v) is 1.85. The lowest BCUT2D eigenvalue weighted by molar-refractivity contribution is 0.156. The zero-order valence-corrected chi connectivity index (χ0v) is 12.1. The van der Waals surface area contributed by atoms with Gasteiger partial charge in [-0.2, -0.15) is 0 Å². The molecule has 4 nitrogen and oxygen atoms in total. The average molecular weight is 327 g/mol. The minimum Gasteiger partial charge on any atom is -0.482 e. The van der Waals surface area contributed by atoms with Crippen LogP contribution in [0.2, 0.25) is 0 Å². The monoisotopic (exact) mass is 327 g/mol. The maximum absolute atomic E-state index is 12.5. The van der Waals surface area contributed by atoms with E-state index in [1.165, 1.54) is 12.1 Å². The Morgan fingerprint density at radius 1 is 0.870 bits per heavy atom. The van der Waals surface area contributed by atoms with Crippen LogP contribution in [0.3, 0.4) is 0 Å². The first kappa shape index (κ1) is 16.8. The minimum absolute atomic E-state index is 0.000190. The van der Waals surface area contributed by atoms with E-state index in [2.05, 4.69) is 10.8 Å². The fraction of sp³-hybridized carbons (Fsp3) is 0.250. The highest BCUT2D eigenvalue weighted by atomic mass is 19.1. The number of halogens is 3. The molecular formula is C16H14F3O4. The van der Waals surface area contributed by atoms with Crippen LogP contribution < -0.4 is 18.9 Å². The molecule has 2 aromatic rings. The zero-order chi connectivity index (χ0) is 16.5. The lowest BCUT2D eigenvalue weighted by Gasteiger charge is -2.16. The molecule has 0 aliphatic carbocycles. The van der Waals surface area contributed by atoms with Crippen molar-refractivity contribution in [2.75, 3.05) is 20.6 Å². The second kappa shape index (κ2) is 8.77. The van der Waals surface area contributed by atoms with E-state index in [1.54, 1.807) is 24.3 Å². The molecule has 0 atom stereocenters. The lowest BCUT2D eigenvalue weighted by Crippen LogP contribution is -2.03. The smallest absolute Gasteiger partial charge is 0.228 e. The van der Waals surface area contributed by atoms with Gasteiger partial charge in [-0.15, -0.1) is 0 Å². The van der Waals surface area contributed by atoms with E-state index in [9.17, 15) is 13.2 Å². The van der Waals surface area contributed by atoms with Crippen molar-refractivity contribution < 1.29 is 32.1 Å². The number of alkyl halides is 3. The molecule has 0 amide bonds. The Hall–Kier alpha value is -2.57. The van der Waals surface area contributed by atoms with Crippen molar-refractivity contribution in [2.45, 2.75) is 6.61 Å². The van der Waals surface area contributed by atoms with Crippen molar-refractivity contribution in [3.63, 3.8) is 0 Å². The summed E-state index contributed by atoms with van der Waals surface area (Å²) in [5.74, 6) is -0.168. The molecule has 0 bridgehead atoms. The number of ether oxygens (including phenoxy) is 4. The predicted molar refractivity (Wildman–Crippen MR) is 75.9 cm³/mol. The van der Waals surface area contributed by atoms with Gasteiger partial charge in [0.15, 0.2) is 11.5 Å². The molecule has 23 heavy (non-hydrogen) atoms. The standard InChI is InChI=1S/C16H14F3O4/c17-9-21-13-6-14(22-10-18)16(15(7-13)23-11-19)20-8-12-4-2-1-3-5-12/h1-2,4-7H,8-11H2. The van der Waals surface area contributed by atoms with Crippen LogP contribution in [0.4, 0.5) is 13.2 Å². The van der Waals surface area contributed by atoms with E-state index < -0.39 is 20.6 Å². The first-order valence-corrected chi connectivity index (χ1v) is 6.60. The van der Waals surface area contributed by atoms with Crippen LogP contribution >= 0.6 is 0 Å². The zero-order valence-electron chi connectivity index (χ0n) is 12.1. The Morgan fingerprint density at radius 3 is 2.04 bits per heavy atom. The number of benzene rings is 2. The molecule has 123 valence electrons. The maximum Gasteiger partial charge on any atom is 0.228 e. The van der Waals surface area contributed by atoms with Gasteiger partial charge < -0.3 is 18.9 Å². The largest absolute Gasteiger partial charge is 0.482 e. The summed E-state index contributed by atoms with van der Waals surface area (Å²) in [7, 11) is 0. The van der Waals surface area contributed by atoms with Crippen molar-refractivity contribution in [2.24, 2.45) is 0 Å². The second-order valence-corrected chi connectivity index (χ2v) is 4.21. The van der Waals surface area contributed by atoms with Gasteiger partial charge in [0.1, 0.15) is 12.4 Å². The van der Waals surface area contributed by atoms with Crippen LogP contribution in [0.15, 0.2) is 36.4 Å². The summed E-state index contributed by atoms with van der Waals surface area (Å²) in [6.45, 7) is -3.30. The Bertz CT molecular complexity index is 581. The highest BCUT2D eigenvalue weighted by Gasteiger charge is 2.17. The van der Waals surface area contributed by atoms with Gasteiger partial charge in [0.05, 0.1) is 0 Å². The van der Waals surface area contributed by atoms with Crippen molar-refractivity contribution in [1.29, 1.82) is 0 Å². The van der Waals surface area contributed by atoms with Crippen LogP contribution in [-0.2, 0) is 6.61 Å². The second-order valence-electron chi connectivity index (χ2n) is 4.21. The highest BCUT2D eigenvalue weighted by Crippen LogP contribution is 2.42. The lowest BCUT2D eigenvalue weighted by atomic mass is 10.2. The molecule has 0 fully saturated rings. The number of hydrogen-bond donors (Lipinski definition) is 0. The third kappa shape index (κ3) is 4.70. The third-order valence-corrected chi connectivity index (χ3v) is 2.79. The van der Waals surface area contributed by atoms with E-state index in [0.717, 1.165) is 5.56 Å². The van der Waals surface area contributed by atoms with E-state index in [4.69, 9.17) is 14.2 Å². The molecule has 0 aromatic heterocycles. The van der Waals surface area contributed by atoms with Crippen molar-refractivity contribution >= 4 is 0 Å². The predicted octanol–water partition coefficient (Wildman–Crippen LogP) is 3.98. The molecule has 0 N–H and O–H groups in total. The van der Waals surface area contributed by atoms with Crippen LogP contribution in [0.5, 0.6) is 23.0 Å². The van der Waals surface area contributed by atoms with Crippen LogP contribution in [0, 0.1) is 6.07 Å². The molecule has 2 aromatic carbocycles. The fourth-order valence-electron chi connectivity index (χ4n) is 1.85. The Balaban J connectivity index is 2.29. The summed E-state index contributed by atoms with van der Waals surface area (Å²) in [6, 6.07) is 12.3. The van der Waals surface area contributed by atoms with Gasteiger partial charge in [-0.25, -0.2) is 13.2 Å². The van der Waals surface area contributed by atoms with Gasteiger partial charge >= 0.3 is 0 Å². The van der Waals surface area contributed by atoms with Gasteiger partial charge in [-0.1, -0.05) is 18.2 Å². The molecule has 0 saturated carbocycles. The van der Waals surface area contributed by atoms with Crippen molar-refractivity contribution in [3.05, 3.63) is 48.0 Å². The molecular weight excluding hydrogens is 313 g/mol. The Morgan fingerprint density at radius 2 is 1.52 bits per heavy atom. The van der Waals surface area contributed by atoms with Gasteiger partial charge in [-0.05, 0) is 17.7 Å². The van der Waals surface area contributed by atoms with Crippen LogP contribution in [0.25, 0.3) is 0 Å². The van der Waals surface area contributed by atoms with Crippen molar-refractivity contribution in [3.8, 4) is 23.0 Å². The SMILES string of the molecule is FCOc1cc(OCF)c(OCc2c[c]ccc2)c(OCF)c1. The summed E-state index contributed by atoms with van der Waals surface area (Å²) < 4.78 is 57.2. The summed E-state index contributed by atoms with van der Waals surface area (Å²) in [4.78, 5) is 0. The van der Waals surface area contributed by atoms with Gasteiger partial charge in [0, 0.05) is 12.1 Å². The molecule has 0 heterocycles. The first-order chi connectivity index (χ1) is 11.3. The Labute approximate surface area is 131 Å². The van der Waals surface area contributed by atoms with Crippen LogP contribution in [0.1, 0.15) is 5.56 Å². The summed E-state index contributed by atoms with van der Waals surface area (Å²) in [6.07, 6.45) is 0. The van der Waals surface area contributed by atoms with E-state index in [1.807, 2.05) is 0 Å². The third-order valence-electron chi connectivity index (χ3n) is 2.79. The normalized spacial score (nSPS) is 10.2. The topological polar surface area (TPSA) is 36.9 Å². The molecule has 7 heteroatoms. The number of rotatable bonds is 9. The highest BCUT2D eigenvalue weighted by molar-refractivity contribution is 5.56. The Kier molecular flexibility index (Phi) is 6.40.